The molecule has 0 fully saturated rings. The SMILES string of the molecule is CCCN(CC(=O)N(C)C)c1ncc(/C=C/C(=O)O)cn1. The molecule has 0 spiro atoms. The molecule has 0 aromatic carbocycles. The van der Waals surface area contributed by atoms with Crippen molar-refractivity contribution in [3.8, 4) is 0 Å². The van der Waals surface area contributed by atoms with Crippen LogP contribution >= 0.6 is 0 Å². The number of carboxylic acid groups (broad SMARTS) is 1. The van der Waals surface area contributed by atoms with Crippen molar-refractivity contribution in [3.63, 3.8) is 0 Å². The monoisotopic (exact) mass is 292 g/mol. The first-order valence-corrected chi connectivity index (χ1v) is 6.62. The quantitative estimate of drug-likeness (QED) is 0.751. The molecule has 21 heavy (non-hydrogen) atoms. The summed E-state index contributed by atoms with van der Waals surface area (Å²) in [6.07, 6.45) is 6.37. The summed E-state index contributed by atoms with van der Waals surface area (Å²) in [4.78, 5) is 33.9. The lowest BCUT2D eigenvalue weighted by Crippen LogP contribution is -2.38. The van der Waals surface area contributed by atoms with Crippen LogP contribution in [-0.4, -0.2) is 59.0 Å². The molecule has 1 N–H and O–H groups in total. The number of aliphatic carboxylic acids is 1. The van der Waals surface area contributed by atoms with Gasteiger partial charge in [-0.15, -0.1) is 0 Å². The zero-order valence-corrected chi connectivity index (χ0v) is 12.5. The Morgan fingerprint density at radius 2 is 1.90 bits per heavy atom. The van der Waals surface area contributed by atoms with Gasteiger partial charge < -0.3 is 14.9 Å². The third-order valence-corrected chi connectivity index (χ3v) is 2.68. The molecule has 0 saturated heterocycles. The third kappa shape index (κ3) is 5.60. The van der Waals surface area contributed by atoms with E-state index in [-0.39, 0.29) is 12.5 Å². The highest BCUT2D eigenvalue weighted by atomic mass is 16.4. The summed E-state index contributed by atoms with van der Waals surface area (Å²) < 4.78 is 0. The van der Waals surface area contributed by atoms with Crippen LogP contribution in [-0.2, 0) is 9.59 Å². The lowest BCUT2D eigenvalue weighted by Gasteiger charge is -2.23. The molecule has 0 aliphatic carbocycles. The minimum atomic E-state index is -1.02. The molecule has 1 heterocycles. The highest BCUT2D eigenvalue weighted by molar-refractivity contribution is 5.85. The van der Waals surface area contributed by atoms with Crippen LogP contribution < -0.4 is 4.90 Å². The summed E-state index contributed by atoms with van der Waals surface area (Å²) in [6, 6.07) is 0. The Labute approximate surface area is 123 Å². The molecule has 0 aliphatic heterocycles. The minimum absolute atomic E-state index is 0.0260. The number of amides is 1. The molecule has 1 rings (SSSR count). The maximum Gasteiger partial charge on any atom is 0.328 e. The Morgan fingerprint density at radius 3 is 2.38 bits per heavy atom. The second-order valence-electron chi connectivity index (χ2n) is 4.70. The van der Waals surface area contributed by atoms with Gasteiger partial charge in [-0.05, 0) is 12.5 Å². The van der Waals surface area contributed by atoms with E-state index in [4.69, 9.17) is 5.11 Å². The smallest absolute Gasteiger partial charge is 0.328 e. The number of anilines is 1. The van der Waals surface area contributed by atoms with E-state index in [0.717, 1.165) is 12.5 Å². The second-order valence-corrected chi connectivity index (χ2v) is 4.70. The molecule has 0 radical (unpaired) electrons. The maximum absolute atomic E-state index is 11.8. The number of rotatable bonds is 7. The number of hydrogen-bond acceptors (Lipinski definition) is 5. The molecule has 0 bridgehead atoms. The largest absolute Gasteiger partial charge is 0.478 e. The minimum Gasteiger partial charge on any atom is -0.478 e. The molecule has 7 nitrogen and oxygen atoms in total. The van der Waals surface area contributed by atoms with Crippen molar-refractivity contribution in [3.05, 3.63) is 24.0 Å². The Bertz CT molecular complexity index is 511. The summed E-state index contributed by atoms with van der Waals surface area (Å²) in [6.45, 7) is 2.89. The number of likely N-dealkylation sites (N-methyl/N-ethyl adjacent to an activating group) is 1. The van der Waals surface area contributed by atoms with E-state index in [0.29, 0.717) is 18.1 Å². The third-order valence-electron chi connectivity index (χ3n) is 2.68. The van der Waals surface area contributed by atoms with Crippen molar-refractivity contribution in [2.24, 2.45) is 0 Å². The summed E-state index contributed by atoms with van der Waals surface area (Å²) in [7, 11) is 3.40. The molecule has 0 unspecified atom stereocenters. The van der Waals surface area contributed by atoms with E-state index in [1.165, 1.54) is 23.4 Å². The number of aromatic nitrogens is 2. The van der Waals surface area contributed by atoms with Gasteiger partial charge in [-0.3, -0.25) is 4.79 Å². The molecule has 0 atom stereocenters. The van der Waals surface area contributed by atoms with Gasteiger partial charge in [0, 0.05) is 44.7 Å². The van der Waals surface area contributed by atoms with Crippen LogP contribution in [0.15, 0.2) is 18.5 Å². The van der Waals surface area contributed by atoms with Crippen LogP contribution in [0.25, 0.3) is 6.08 Å². The van der Waals surface area contributed by atoms with Gasteiger partial charge in [-0.2, -0.15) is 0 Å². The summed E-state index contributed by atoms with van der Waals surface area (Å²) in [5.74, 6) is -0.593. The van der Waals surface area contributed by atoms with Gasteiger partial charge in [0.15, 0.2) is 0 Å². The zero-order valence-electron chi connectivity index (χ0n) is 12.5. The van der Waals surface area contributed by atoms with Crippen LogP contribution in [0.2, 0.25) is 0 Å². The first kappa shape index (κ1) is 16.6. The Kier molecular flexibility index (Phi) is 6.32. The van der Waals surface area contributed by atoms with Gasteiger partial charge in [0.05, 0.1) is 6.54 Å². The maximum atomic E-state index is 11.8. The first-order valence-electron chi connectivity index (χ1n) is 6.62. The van der Waals surface area contributed by atoms with Crippen LogP contribution in [0.5, 0.6) is 0 Å². The lowest BCUT2D eigenvalue weighted by molar-refractivity contribution is -0.131. The van der Waals surface area contributed by atoms with Gasteiger partial charge in [-0.1, -0.05) is 6.92 Å². The fourth-order valence-electron chi connectivity index (χ4n) is 1.57. The molecule has 0 saturated carbocycles. The molecular formula is C14H20N4O3. The van der Waals surface area contributed by atoms with E-state index in [1.807, 2.05) is 6.92 Å². The second kappa shape index (κ2) is 7.98. The zero-order chi connectivity index (χ0) is 15.8. The highest BCUT2D eigenvalue weighted by Crippen LogP contribution is 2.09. The fourth-order valence-corrected chi connectivity index (χ4v) is 1.57. The van der Waals surface area contributed by atoms with E-state index in [2.05, 4.69) is 9.97 Å². The van der Waals surface area contributed by atoms with Gasteiger partial charge in [-0.25, -0.2) is 14.8 Å². The molecule has 1 aromatic rings. The molecule has 1 aromatic heterocycles. The average molecular weight is 292 g/mol. The first-order chi connectivity index (χ1) is 9.93. The number of carbonyl (C=O) groups is 2. The molecule has 7 heteroatoms. The number of carboxylic acids is 1. The van der Waals surface area contributed by atoms with E-state index in [9.17, 15) is 9.59 Å². The van der Waals surface area contributed by atoms with Gasteiger partial charge >= 0.3 is 5.97 Å². The van der Waals surface area contributed by atoms with Crippen molar-refractivity contribution < 1.29 is 14.7 Å². The van der Waals surface area contributed by atoms with E-state index in [1.54, 1.807) is 19.0 Å². The number of hydrogen-bond donors (Lipinski definition) is 1. The predicted octanol–water partition coefficient (Wildman–Crippen LogP) is 0.879. The lowest BCUT2D eigenvalue weighted by atomic mass is 10.3. The van der Waals surface area contributed by atoms with Gasteiger partial charge in [0.2, 0.25) is 11.9 Å². The highest BCUT2D eigenvalue weighted by Gasteiger charge is 2.14. The average Bonchev–Trinajstić information content (AvgIpc) is 2.45. The van der Waals surface area contributed by atoms with Gasteiger partial charge in [0.1, 0.15) is 0 Å². The summed E-state index contributed by atoms with van der Waals surface area (Å²) in [5.41, 5.74) is 0.594. The van der Waals surface area contributed by atoms with Crippen LogP contribution in [0.4, 0.5) is 5.95 Å². The summed E-state index contributed by atoms with van der Waals surface area (Å²) in [5, 5.41) is 8.56. The molecular weight excluding hydrogens is 272 g/mol. The molecule has 114 valence electrons. The van der Waals surface area contributed by atoms with Crippen molar-refractivity contribution in [2.45, 2.75) is 13.3 Å². The Hall–Kier alpha value is -2.44. The van der Waals surface area contributed by atoms with Crippen molar-refractivity contribution in [1.29, 1.82) is 0 Å². The number of carbonyl (C=O) groups excluding carboxylic acids is 1. The van der Waals surface area contributed by atoms with E-state index < -0.39 is 5.97 Å². The van der Waals surface area contributed by atoms with E-state index >= 15 is 0 Å². The van der Waals surface area contributed by atoms with Gasteiger partial charge in [0.25, 0.3) is 0 Å². The molecule has 1 amide bonds. The topological polar surface area (TPSA) is 86.6 Å². The normalized spacial score (nSPS) is 10.6. The van der Waals surface area contributed by atoms with Crippen molar-refractivity contribution in [1.82, 2.24) is 14.9 Å². The van der Waals surface area contributed by atoms with Crippen LogP contribution in [0.3, 0.4) is 0 Å². The predicted molar refractivity (Wildman–Crippen MR) is 79.9 cm³/mol. The number of nitrogens with zero attached hydrogens (tertiary/aromatic N) is 4. The van der Waals surface area contributed by atoms with Crippen molar-refractivity contribution in [2.75, 3.05) is 32.1 Å². The van der Waals surface area contributed by atoms with Crippen LogP contribution in [0, 0.1) is 0 Å². The Morgan fingerprint density at radius 1 is 1.29 bits per heavy atom. The fraction of sp³-hybridized carbons (Fsp3) is 0.429. The summed E-state index contributed by atoms with van der Waals surface area (Å²) >= 11 is 0. The van der Waals surface area contributed by atoms with Crippen molar-refractivity contribution >= 4 is 23.9 Å². The molecule has 0 aliphatic rings. The van der Waals surface area contributed by atoms with Crippen LogP contribution in [0.1, 0.15) is 18.9 Å². The standard InChI is InChI=1S/C14H20N4O3/c1-4-7-18(10-12(19)17(2)3)14-15-8-11(9-16-14)5-6-13(20)21/h5-6,8-9H,4,7,10H2,1-3H3,(H,20,21)/b6-5+. The Balaban J connectivity index is 2.84.